The first kappa shape index (κ1) is 18.5. The smallest absolute Gasteiger partial charge is 0.410 e. The highest BCUT2D eigenvalue weighted by Crippen LogP contribution is 2.47. The van der Waals surface area contributed by atoms with Crippen LogP contribution in [0.25, 0.3) is 0 Å². The predicted molar refractivity (Wildman–Crippen MR) is 98.2 cm³/mol. The van der Waals surface area contributed by atoms with Crippen molar-refractivity contribution in [3.05, 3.63) is 29.8 Å². The number of rotatable bonds is 2. The van der Waals surface area contributed by atoms with E-state index in [-0.39, 0.29) is 23.3 Å². The molecule has 0 aromatic heterocycles. The number of likely N-dealkylation sites (tertiary alicyclic amines) is 1. The standard InChI is InChI=1S/C20H28N2O4/c1-19(2,3)26-18(24)22-11-9-20(10-12-22)13-21-17(23)16(20)14-5-7-15(25-4)8-6-14/h5-8,16H,9-13H2,1-4H3,(H,21,23). The van der Waals surface area contributed by atoms with Gasteiger partial charge >= 0.3 is 6.09 Å². The summed E-state index contributed by atoms with van der Waals surface area (Å²) in [4.78, 5) is 26.6. The molecule has 0 saturated carbocycles. The highest BCUT2D eigenvalue weighted by molar-refractivity contribution is 5.87. The maximum Gasteiger partial charge on any atom is 0.410 e. The lowest BCUT2D eigenvalue weighted by Crippen LogP contribution is -2.47. The van der Waals surface area contributed by atoms with E-state index in [4.69, 9.17) is 9.47 Å². The molecule has 2 fully saturated rings. The molecule has 1 aromatic carbocycles. The molecular formula is C20H28N2O4. The van der Waals surface area contributed by atoms with Gasteiger partial charge in [-0.1, -0.05) is 12.1 Å². The Bertz CT molecular complexity index is 670. The van der Waals surface area contributed by atoms with Crippen molar-refractivity contribution in [1.29, 1.82) is 0 Å². The van der Waals surface area contributed by atoms with E-state index in [9.17, 15) is 9.59 Å². The summed E-state index contributed by atoms with van der Waals surface area (Å²) in [5.74, 6) is 0.663. The molecule has 3 rings (SSSR count). The number of ether oxygens (including phenoxy) is 2. The highest BCUT2D eigenvalue weighted by Gasteiger charge is 2.50. The van der Waals surface area contributed by atoms with Gasteiger partial charge in [0, 0.05) is 25.0 Å². The van der Waals surface area contributed by atoms with Crippen molar-refractivity contribution in [1.82, 2.24) is 10.2 Å². The molecule has 1 spiro atoms. The van der Waals surface area contributed by atoms with Crippen LogP contribution < -0.4 is 10.1 Å². The van der Waals surface area contributed by atoms with Crippen molar-refractivity contribution in [2.24, 2.45) is 5.41 Å². The molecule has 6 heteroatoms. The summed E-state index contributed by atoms with van der Waals surface area (Å²) in [6.45, 7) is 7.48. The lowest BCUT2D eigenvalue weighted by atomic mass is 9.68. The van der Waals surface area contributed by atoms with E-state index in [1.165, 1.54) is 0 Å². The second-order valence-electron chi connectivity index (χ2n) is 8.25. The maximum atomic E-state index is 12.6. The average Bonchev–Trinajstić information content (AvgIpc) is 2.90. The van der Waals surface area contributed by atoms with Crippen molar-refractivity contribution in [3.63, 3.8) is 0 Å². The van der Waals surface area contributed by atoms with Gasteiger partial charge in [0.1, 0.15) is 11.4 Å². The number of piperidine rings is 1. The third-order valence-corrected chi connectivity index (χ3v) is 5.35. The molecule has 6 nitrogen and oxygen atoms in total. The number of carbonyl (C=O) groups excluding carboxylic acids is 2. The predicted octanol–water partition coefficient (Wildman–Crippen LogP) is 2.93. The van der Waals surface area contributed by atoms with Crippen molar-refractivity contribution >= 4 is 12.0 Å². The quantitative estimate of drug-likeness (QED) is 0.880. The average molecular weight is 360 g/mol. The molecule has 0 aliphatic carbocycles. The zero-order valence-electron chi connectivity index (χ0n) is 16.0. The van der Waals surface area contributed by atoms with Gasteiger partial charge in [-0.05, 0) is 51.3 Å². The van der Waals surface area contributed by atoms with Gasteiger partial charge in [-0.2, -0.15) is 0 Å². The molecule has 0 radical (unpaired) electrons. The van der Waals surface area contributed by atoms with Gasteiger partial charge in [0.2, 0.25) is 5.91 Å². The van der Waals surface area contributed by atoms with E-state index in [0.717, 1.165) is 24.2 Å². The van der Waals surface area contributed by atoms with Gasteiger partial charge in [-0.15, -0.1) is 0 Å². The van der Waals surface area contributed by atoms with Crippen LogP contribution >= 0.6 is 0 Å². The fraction of sp³-hybridized carbons (Fsp3) is 0.600. The van der Waals surface area contributed by atoms with Crippen molar-refractivity contribution < 1.29 is 19.1 Å². The number of nitrogens with zero attached hydrogens (tertiary/aromatic N) is 1. The van der Waals surface area contributed by atoms with Crippen LogP contribution in [0.2, 0.25) is 0 Å². The largest absolute Gasteiger partial charge is 0.497 e. The maximum absolute atomic E-state index is 12.6. The number of benzene rings is 1. The van der Waals surface area contributed by atoms with Gasteiger partial charge in [0.15, 0.2) is 0 Å². The fourth-order valence-electron chi connectivity index (χ4n) is 3.97. The molecule has 1 unspecified atom stereocenters. The number of amides is 2. The number of hydrogen-bond acceptors (Lipinski definition) is 4. The summed E-state index contributed by atoms with van der Waals surface area (Å²) in [5.41, 5.74) is 0.360. The van der Waals surface area contributed by atoms with E-state index in [1.54, 1.807) is 12.0 Å². The minimum Gasteiger partial charge on any atom is -0.497 e. The Labute approximate surface area is 154 Å². The first-order chi connectivity index (χ1) is 12.2. The summed E-state index contributed by atoms with van der Waals surface area (Å²) < 4.78 is 10.7. The number of carbonyl (C=O) groups is 2. The van der Waals surface area contributed by atoms with Crippen LogP contribution in [0.15, 0.2) is 24.3 Å². The van der Waals surface area contributed by atoms with Gasteiger partial charge in [-0.25, -0.2) is 4.79 Å². The summed E-state index contributed by atoms with van der Waals surface area (Å²) >= 11 is 0. The fourth-order valence-corrected chi connectivity index (χ4v) is 3.97. The van der Waals surface area contributed by atoms with Crippen LogP contribution in [-0.4, -0.2) is 49.2 Å². The first-order valence-corrected chi connectivity index (χ1v) is 9.14. The Morgan fingerprint density at radius 3 is 2.35 bits per heavy atom. The van der Waals surface area contributed by atoms with Crippen LogP contribution in [-0.2, 0) is 9.53 Å². The lowest BCUT2D eigenvalue weighted by molar-refractivity contribution is -0.121. The molecule has 1 aromatic rings. The van der Waals surface area contributed by atoms with Gasteiger partial charge in [0.25, 0.3) is 0 Å². The Balaban J connectivity index is 1.73. The van der Waals surface area contributed by atoms with Crippen molar-refractivity contribution in [2.75, 3.05) is 26.7 Å². The highest BCUT2D eigenvalue weighted by atomic mass is 16.6. The monoisotopic (exact) mass is 360 g/mol. The third-order valence-electron chi connectivity index (χ3n) is 5.35. The number of hydrogen-bond donors (Lipinski definition) is 1. The first-order valence-electron chi connectivity index (χ1n) is 9.14. The summed E-state index contributed by atoms with van der Waals surface area (Å²) in [5, 5.41) is 3.03. The van der Waals surface area contributed by atoms with E-state index in [1.807, 2.05) is 45.0 Å². The van der Waals surface area contributed by atoms with Crippen LogP contribution in [0.5, 0.6) is 5.75 Å². The van der Waals surface area contributed by atoms with Crippen LogP contribution in [0, 0.1) is 5.41 Å². The summed E-state index contributed by atoms with van der Waals surface area (Å²) in [7, 11) is 1.63. The Morgan fingerprint density at radius 2 is 1.81 bits per heavy atom. The van der Waals surface area contributed by atoms with Gasteiger partial charge in [-0.3, -0.25) is 4.79 Å². The molecular weight excluding hydrogens is 332 g/mol. The second kappa shape index (κ2) is 6.82. The van der Waals surface area contributed by atoms with Crippen LogP contribution in [0.4, 0.5) is 4.79 Å². The molecule has 2 aliphatic heterocycles. The summed E-state index contributed by atoms with van der Waals surface area (Å²) in [6.07, 6.45) is 1.29. The molecule has 1 atom stereocenters. The van der Waals surface area contributed by atoms with E-state index < -0.39 is 5.60 Å². The molecule has 2 saturated heterocycles. The molecule has 2 amide bonds. The minimum atomic E-state index is -0.497. The SMILES string of the molecule is COc1ccc(C2C(=O)NCC23CCN(C(=O)OC(C)(C)C)CC3)cc1. The molecule has 2 aliphatic rings. The Hall–Kier alpha value is -2.24. The molecule has 26 heavy (non-hydrogen) atoms. The van der Waals surface area contributed by atoms with Crippen LogP contribution in [0.3, 0.4) is 0 Å². The topological polar surface area (TPSA) is 67.9 Å². The summed E-state index contributed by atoms with van der Waals surface area (Å²) in [6, 6.07) is 7.72. The lowest BCUT2D eigenvalue weighted by Gasteiger charge is -2.41. The van der Waals surface area contributed by atoms with E-state index in [0.29, 0.717) is 19.6 Å². The molecule has 2 heterocycles. The molecule has 1 N–H and O–H groups in total. The zero-order chi connectivity index (χ0) is 18.9. The number of methoxy groups -OCH3 is 1. The third kappa shape index (κ3) is 3.64. The van der Waals surface area contributed by atoms with Crippen molar-refractivity contribution in [2.45, 2.75) is 45.1 Å². The second-order valence-corrected chi connectivity index (χ2v) is 8.25. The van der Waals surface area contributed by atoms with Crippen LogP contribution in [0.1, 0.15) is 45.1 Å². The van der Waals surface area contributed by atoms with Crippen molar-refractivity contribution in [3.8, 4) is 5.75 Å². The normalized spacial score (nSPS) is 22.2. The van der Waals surface area contributed by atoms with Gasteiger partial charge < -0.3 is 19.7 Å². The van der Waals surface area contributed by atoms with E-state index in [2.05, 4.69) is 5.32 Å². The Morgan fingerprint density at radius 1 is 1.19 bits per heavy atom. The van der Waals surface area contributed by atoms with Gasteiger partial charge in [0.05, 0.1) is 13.0 Å². The zero-order valence-corrected chi connectivity index (χ0v) is 16.0. The number of nitrogens with one attached hydrogen (secondary N) is 1. The minimum absolute atomic E-state index is 0.0703. The Kier molecular flexibility index (Phi) is 4.86. The van der Waals surface area contributed by atoms with E-state index >= 15 is 0 Å². The molecule has 0 bridgehead atoms. The molecule has 142 valence electrons.